The summed E-state index contributed by atoms with van der Waals surface area (Å²) in [5.74, 6) is -0.944. The minimum Gasteiger partial charge on any atom is -0.464 e. The summed E-state index contributed by atoms with van der Waals surface area (Å²) in [5.41, 5.74) is 0.868. The molecule has 1 heterocycles. The Labute approximate surface area is 99.1 Å². The Hall–Kier alpha value is -2.17. The van der Waals surface area contributed by atoms with Gasteiger partial charge in [0.25, 0.3) is 0 Å². The number of hydrogen-bond donors (Lipinski definition) is 0. The van der Waals surface area contributed by atoms with Crippen LogP contribution >= 0.6 is 0 Å². The molecule has 0 N–H and O–H groups in total. The molecule has 0 fully saturated rings. The van der Waals surface area contributed by atoms with Gasteiger partial charge in [0, 0.05) is 12.3 Å². The average Bonchev–Trinajstić information content (AvgIpc) is 2.36. The summed E-state index contributed by atoms with van der Waals surface area (Å²) in [6.07, 6.45) is 4.31. The molecule has 0 saturated carbocycles. The normalized spacial score (nSPS) is 10.2. The topological polar surface area (TPSA) is 65.5 Å². The number of aromatic nitrogens is 1. The highest BCUT2D eigenvalue weighted by Crippen LogP contribution is 2.05. The van der Waals surface area contributed by atoms with E-state index in [0.717, 1.165) is 0 Å². The van der Waals surface area contributed by atoms with Crippen LogP contribution in [-0.2, 0) is 14.3 Å². The first-order chi connectivity index (χ1) is 8.17. The van der Waals surface area contributed by atoms with Gasteiger partial charge in [-0.3, -0.25) is 0 Å². The van der Waals surface area contributed by atoms with E-state index >= 15 is 0 Å². The second kappa shape index (κ2) is 6.42. The second-order valence-corrected chi connectivity index (χ2v) is 3.05. The Morgan fingerprint density at radius 1 is 1.47 bits per heavy atom. The first-order valence-corrected chi connectivity index (χ1v) is 5.06. The highest BCUT2D eigenvalue weighted by atomic mass is 16.5. The summed E-state index contributed by atoms with van der Waals surface area (Å²) < 4.78 is 9.27. The Bertz CT molecular complexity index is 440. The Kier molecular flexibility index (Phi) is 4.87. The molecule has 0 spiro atoms. The maximum absolute atomic E-state index is 11.2. The van der Waals surface area contributed by atoms with E-state index in [4.69, 9.17) is 4.74 Å². The average molecular weight is 235 g/mol. The molecule has 0 amide bonds. The molecule has 1 aromatic heterocycles. The number of ether oxygens (including phenoxy) is 2. The van der Waals surface area contributed by atoms with Crippen LogP contribution in [0.25, 0.3) is 6.08 Å². The molecule has 0 unspecified atom stereocenters. The first kappa shape index (κ1) is 12.9. The molecule has 0 aliphatic rings. The van der Waals surface area contributed by atoms with Gasteiger partial charge in [0.05, 0.1) is 13.7 Å². The number of methoxy groups -OCH3 is 1. The molecule has 17 heavy (non-hydrogen) atoms. The van der Waals surface area contributed by atoms with Crippen LogP contribution in [0.1, 0.15) is 23.0 Å². The van der Waals surface area contributed by atoms with Crippen molar-refractivity contribution in [3.05, 3.63) is 35.7 Å². The summed E-state index contributed by atoms with van der Waals surface area (Å²) in [6.45, 7) is 2.06. The maximum Gasteiger partial charge on any atom is 0.356 e. The fourth-order valence-electron chi connectivity index (χ4n) is 1.12. The molecule has 1 aromatic rings. The van der Waals surface area contributed by atoms with Crippen LogP contribution in [0.2, 0.25) is 0 Å². The van der Waals surface area contributed by atoms with E-state index in [9.17, 15) is 9.59 Å². The van der Waals surface area contributed by atoms with Crippen LogP contribution in [0.3, 0.4) is 0 Å². The zero-order valence-corrected chi connectivity index (χ0v) is 9.67. The van der Waals surface area contributed by atoms with Crippen molar-refractivity contribution in [3.63, 3.8) is 0 Å². The summed E-state index contributed by atoms with van der Waals surface area (Å²) in [7, 11) is 1.28. The van der Waals surface area contributed by atoms with Crippen LogP contribution in [0, 0.1) is 0 Å². The van der Waals surface area contributed by atoms with Crippen molar-refractivity contribution in [2.45, 2.75) is 6.92 Å². The van der Waals surface area contributed by atoms with E-state index in [0.29, 0.717) is 12.2 Å². The van der Waals surface area contributed by atoms with Gasteiger partial charge in [-0.25, -0.2) is 14.6 Å². The van der Waals surface area contributed by atoms with E-state index in [1.54, 1.807) is 19.1 Å². The smallest absolute Gasteiger partial charge is 0.356 e. The van der Waals surface area contributed by atoms with Gasteiger partial charge in [0.15, 0.2) is 0 Å². The van der Waals surface area contributed by atoms with Gasteiger partial charge in [-0.2, -0.15) is 0 Å². The molecule has 1 rings (SSSR count). The van der Waals surface area contributed by atoms with Crippen molar-refractivity contribution in [2.24, 2.45) is 0 Å². The number of rotatable bonds is 4. The van der Waals surface area contributed by atoms with Gasteiger partial charge in [0.1, 0.15) is 5.69 Å². The van der Waals surface area contributed by atoms with Gasteiger partial charge in [-0.1, -0.05) is 0 Å². The fraction of sp³-hybridized carbons (Fsp3) is 0.250. The monoisotopic (exact) mass is 235 g/mol. The van der Waals surface area contributed by atoms with E-state index in [2.05, 4.69) is 9.72 Å². The zero-order chi connectivity index (χ0) is 12.7. The molecular weight excluding hydrogens is 222 g/mol. The summed E-state index contributed by atoms with van der Waals surface area (Å²) in [6, 6.07) is 3.20. The van der Waals surface area contributed by atoms with Crippen LogP contribution in [-0.4, -0.2) is 30.6 Å². The lowest BCUT2D eigenvalue weighted by molar-refractivity contribution is -0.137. The number of pyridine rings is 1. The summed E-state index contributed by atoms with van der Waals surface area (Å²) >= 11 is 0. The van der Waals surface area contributed by atoms with Crippen LogP contribution in [0.15, 0.2) is 24.4 Å². The van der Waals surface area contributed by atoms with Gasteiger partial charge in [0.2, 0.25) is 0 Å². The Morgan fingerprint density at radius 3 is 2.88 bits per heavy atom. The highest BCUT2D eigenvalue weighted by Gasteiger charge is 2.06. The molecule has 0 atom stereocenters. The lowest BCUT2D eigenvalue weighted by atomic mass is 10.2. The predicted molar refractivity (Wildman–Crippen MR) is 61.2 cm³/mol. The molecule has 0 radical (unpaired) electrons. The van der Waals surface area contributed by atoms with Gasteiger partial charge >= 0.3 is 11.9 Å². The van der Waals surface area contributed by atoms with Gasteiger partial charge in [-0.05, 0) is 30.7 Å². The lowest BCUT2D eigenvalue weighted by Gasteiger charge is -1.99. The minimum atomic E-state index is -0.517. The molecule has 5 heteroatoms. The molecular formula is C12H13NO4. The van der Waals surface area contributed by atoms with E-state index in [-0.39, 0.29) is 5.69 Å². The Balaban J connectivity index is 2.78. The molecule has 90 valence electrons. The number of hydrogen-bond acceptors (Lipinski definition) is 5. The van der Waals surface area contributed by atoms with Crippen molar-refractivity contribution in [2.75, 3.05) is 13.7 Å². The van der Waals surface area contributed by atoms with Crippen molar-refractivity contribution in [3.8, 4) is 0 Å². The quantitative estimate of drug-likeness (QED) is 0.583. The molecule has 0 aliphatic carbocycles. The molecule has 0 saturated heterocycles. The number of nitrogens with zero attached hydrogens (tertiary/aromatic N) is 1. The van der Waals surface area contributed by atoms with Crippen molar-refractivity contribution >= 4 is 18.0 Å². The van der Waals surface area contributed by atoms with Crippen LogP contribution in [0.4, 0.5) is 0 Å². The fourth-order valence-corrected chi connectivity index (χ4v) is 1.12. The van der Waals surface area contributed by atoms with Crippen LogP contribution < -0.4 is 0 Å². The maximum atomic E-state index is 11.2. The predicted octanol–water partition coefficient (Wildman–Crippen LogP) is 1.44. The molecule has 0 bridgehead atoms. The SMILES string of the molecule is CCOC(=O)C=Cc1ccnc(C(=O)OC)c1. The molecule has 5 nitrogen and oxygen atoms in total. The number of carbonyl (C=O) groups excluding carboxylic acids is 2. The number of esters is 2. The number of carbonyl (C=O) groups is 2. The van der Waals surface area contributed by atoms with Crippen molar-refractivity contribution in [1.29, 1.82) is 0 Å². The molecule has 0 aromatic carbocycles. The summed E-state index contributed by atoms with van der Waals surface area (Å²) in [4.78, 5) is 26.1. The third-order valence-corrected chi connectivity index (χ3v) is 1.88. The van der Waals surface area contributed by atoms with Crippen LogP contribution in [0.5, 0.6) is 0 Å². The third-order valence-electron chi connectivity index (χ3n) is 1.88. The van der Waals surface area contributed by atoms with E-state index < -0.39 is 11.9 Å². The van der Waals surface area contributed by atoms with Gasteiger partial charge < -0.3 is 9.47 Å². The minimum absolute atomic E-state index is 0.193. The van der Waals surface area contributed by atoms with E-state index in [1.165, 1.54) is 25.4 Å². The molecule has 0 aliphatic heterocycles. The second-order valence-electron chi connectivity index (χ2n) is 3.05. The third kappa shape index (κ3) is 4.06. The Morgan fingerprint density at radius 2 is 2.24 bits per heavy atom. The van der Waals surface area contributed by atoms with Gasteiger partial charge in [-0.15, -0.1) is 0 Å². The van der Waals surface area contributed by atoms with Crippen molar-refractivity contribution < 1.29 is 19.1 Å². The van der Waals surface area contributed by atoms with E-state index in [1.807, 2.05) is 0 Å². The zero-order valence-electron chi connectivity index (χ0n) is 9.67. The largest absolute Gasteiger partial charge is 0.464 e. The highest BCUT2D eigenvalue weighted by molar-refractivity contribution is 5.89. The standard InChI is InChI=1S/C12H13NO4/c1-3-17-11(14)5-4-9-6-7-13-10(8-9)12(15)16-2/h4-8H,3H2,1-2H3. The summed E-state index contributed by atoms with van der Waals surface area (Å²) in [5, 5.41) is 0. The lowest BCUT2D eigenvalue weighted by Crippen LogP contribution is -2.04. The van der Waals surface area contributed by atoms with Crippen molar-refractivity contribution in [1.82, 2.24) is 4.98 Å². The first-order valence-electron chi connectivity index (χ1n) is 5.06.